The molecule has 1 aromatic rings. The van der Waals surface area contributed by atoms with Crippen LogP contribution < -0.4 is 0 Å². The quantitative estimate of drug-likeness (QED) is 0.827. The van der Waals surface area contributed by atoms with Crippen molar-refractivity contribution in [3.05, 3.63) is 28.8 Å². The molecule has 0 radical (unpaired) electrons. The zero-order valence-electron chi connectivity index (χ0n) is 10.3. The Morgan fingerprint density at radius 2 is 1.76 bits per heavy atom. The fourth-order valence-electron chi connectivity index (χ4n) is 2.89. The molecular formula is C14H18O3. The van der Waals surface area contributed by atoms with Gasteiger partial charge in [-0.3, -0.25) is 4.79 Å². The molecule has 1 saturated carbocycles. The topological polar surface area (TPSA) is 57.5 Å². The number of carboxylic acid groups (broad SMARTS) is 1. The van der Waals surface area contributed by atoms with Crippen LogP contribution in [0.15, 0.2) is 12.1 Å². The van der Waals surface area contributed by atoms with Crippen LogP contribution >= 0.6 is 0 Å². The van der Waals surface area contributed by atoms with Gasteiger partial charge in [-0.2, -0.15) is 0 Å². The fourth-order valence-corrected chi connectivity index (χ4v) is 2.89. The van der Waals surface area contributed by atoms with Gasteiger partial charge in [-0.1, -0.05) is 18.9 Å². The van der Waals surface area contributed by atoms with Gasteiger partial charge in [0, 0.05) is 0 Å². The molecule has 0 amide bonds. The summed E-state index contributed by atoms with van der Waals surface area (Å²) in [4.78, 5) is 11.6. The number of aliphatic carboxylic acids is 1. The van der Waals surface area contributed by atoms with Crippen molar-refractivity contribution < 1.29 is 15.0 Å². The summed E-state index contributed by atoms with van der Waals surface area (Å²) in [5.74, 6) is -0.493. The summed E-state index contributed by atoms with van der Waals surface area (Å²) in [7, 11) is 0. The minimum atomic E-state index is -0.734. The first-order chi connectivity index (χ1) is 7.97. The minimum absolute atomic E-state index is 0.241. The Morgan fingerprint density at radius 1 is 1.18 bits per heavy atom. The zero-order chi connectivity index (χ0) is 12.6. The highest BCUT2D eigenvalue weighted by Gasteiger charge is 2.43. The van der Waals surface area contributed by atoms with Crippen molar-refractivity contribution in [2.24, 2.45) is 0 Å². The molecule has 0 aliphatic heterocycles. The number of hydrogen-bond acceptors (Lipinski definition) is 2. The van der Waals surface area contributed by atoms with Gasteiger partial charge in [0.25, 0.3) is 0 Å². The van der Waals surface area contributed by atoms with Crippen LogP contribution in [0.2, 0.25) is 0 Å². The summed E-state index contributed by atoms with van der Waals surface area (Å²) in [5, 5.41) is 19.2. The van der Waals surface area contributed by atoms with E-state index in [0.29, 0.717) is 12.8 Å². The third-order valence-corrected chi connectivity index (χ3v) is 3.92. The number of rotatable bonds is 2. The average molecular weight is 234 g/mol. The summed E-state index contributed by atoms with van der Waals surface area (Å²) in [6.07, 6.45) is 3.33. The Morgan fingerprint density at radius 3 is 2.29 bits per heavy atom. The lowest BCUT2D eigenvalue weighted by molar-refractivity contribution is -0.143. The van der Waals surface area contributed by atoms with Crippen molar-refractivity contribution in [2.75, 3.05) is 0 Å². The third kappa shape index (κ3) is 1.79. The lowest BCUT2D eigenvalue weighted by Gasteiger charge is -2.27. The molecule has 1 aliphatic carbocycles. The molecule has 0 saturated heterocycles. The molecule has 3 nitrogen and oxygen atoms in total. The van der Waals surface area contributed by atoms with Gasteiger partial charge in [-0.05, 0) is 49.4 Å². The van der Waals surface area contributed by atoms with E-state index in [1.54, 1.807) is 6.07 Å². The van der Waals surface area contributed by atoms with E-state index in [0.717, 1.165) is 29.5 Å². The van der Waals surface area contributed by atoms with Gasteiger partial charge in [0.15, 0.2) is 0 Å². The lowest BCUT2D eigenvalue weighted by atomic mass is 9.76. The van der Waals surface area contributed by atoms with Crippen LogP contribution in [-0.4, -0.2) is 16.2 Å². The summed E-state index contributed by atoms with van der Waals surface area (Å²) in [5.41, 5.74) is 1.76. The molecule has 0 aromatic heterocycles. The Hall–Kier alpha value is -1.51. The predicted octanol–water partition coefficient (Wildman–Crippen LogP) is 2.91. The SMILES string of the molecule is Cc1cc(C2(C(=O)O)CCCC2)c(C)cc1O. The van der Waals surface area contributed by atoms with Gasteiger partial charge in [0.2, 0.25) is 0 Å². The molecule has 0 atom stereocenters. The molecule has 1 aromatic carbocycles. The molecule has 0 bridgehead atoms. The molecule has 17 heavy (non-hydrogen) atoms. The van der Waals surface area contributed by atoms with Crippen molar-refractivity contribution in [1.82, 2.24) is 0 Å². The van der Waals surface area contributed by atoms with Crippen molar-refractivity contribution in [3.8, 4) is 5.75 Å². The number of phenols is 1. The van der Waals surface area contributed by atoms with E-state index in [4.69, 9.17) is 0 Å². The molecular weight excluding hydrogens is 216 g/mol. The van der Waals surface area contributed by atoms with Crippen LogP contribution in [0.4, 0.5) is 0 Å². The Balaban J connectivity index is 2.58. The summed E-state index contributed by atoms with van der Waals surface area (Å²) < 4.78 is 0. The zero-order valence-corrected chi connectivity index (χ0v) is 10.3. The summed E-state index contributed by atoms with van der Waals surface area (Å²) >= 11 is 0. The standard InChI is InChI=1S/C14H18O3/c1-9-8-12(15)10(2)7-11(9)14(13(16)17)5-3-4-6-14/h7-8,15H,3-6H2,1-2H3,(H,16,17). The van der Waals surface area contributed by atoms with Crippen LogP contribution in [0.25, 0.3) is 0 Å². The van der Waals surface area contributed by atoms with Crippen molar-refractivity contribution in [1.29, 1.82) is 0 Å². The monoisotopic (exact) mass is 234 g/mol. The highest BCUT2D eigenvalue weighted by Crippen LogP contribution is 2.43. The van der Waals surface area contributed by atoms with Crippen LogP contribution in [0.1, 0.15) is 42.4 Å². The van der Waals surface area contributed by atoms with E-state index in [9.17, 15) is 15.0 Å². The summed E-state index contributed by atoms with van der Waals surface area (Å²) in [6.45, 7) is 3.68. The van der Waals surface area contributed by atoms with Crippen molar-refractivity contribution in [2.45, 2.75) is 44.9 Å². The largest absolute Gasteiger partial charge is 0.508 e. The number of carboxylic acids is 1. The Bertz CT molecular complexity index is 457. The van der Waals surface area contributed by atoms with Gasteiger partial charge in [0.1, 0.15) is 5.75 Å². The molecule has 1 fully saturated rings. The number of aryl methyl sites for hydroxylation is 2. The van der Waals surface area contributed by atoms with Gasteiger partial charge >= 0.3 is 5.97 Å². The molecule has 0 spiro atoms. The first-order valence-electron chi connectivity index (χ1n) is 6.01. The normalized spacial score (nSPS) is 18.2. The number of benzene rings is 1. The van der Waals surface area contributed by atoms with Crippen molar-refractivity contribution in [3.63, 3.8) is 0 Å². The lowest BCUT2D eigenvalue weighted by Crippen LogP contribution is -2.33. The Kier molecular flexibility index (Phi) is 2.86. The van der Waals surface area contributed by atoms with E-state index in [1.165, 1.54) is 0 Å². The number of hydrogen-bond donors (Lipinski definition) is 2. The predicted molar refractivity (Wildman–Crippen MR) is 65.4 cm³/mol. The number of aromatic hydroxyl groups is 1. The highest BCUT2D eigenvalue weighted by molar-refractivity contribution is 5.82. The molecule has 2 rings (SSSR count). The maximum atomic E-state index is 11.6. The molecule has 0 heterocycles. The molecule has 2 N–H and O–H groups in total. The van der Waals surface area contributed by atoms with Gasteiger partial charge in [0.05, 0.1) is 5.41 Å². The van der Waals surface area contributed by atoms with Crippen molar-refractivity contribution >= 4 is 5.97 Å². The van der Waals surface area contributed by atoms with Gasteiger partial charge < -0.3 is 10.2 Å². The van der Waals surface area contributed by atoms with Crippen LogP contribution in [-0.2, 0) is 10.2 Å². The molecule has 3 heteroatoms. The highest BCUT2D eigenvalue weighted by atomic mass is 16.4. The van der Waals surface area contributed by atoms with Crippen LogP contribution in [0.3, 0.4) is 0 Å². The van der Waals surface area contributed by atoms with E-state index in [2.05, 4.69) is 0 Å². The maximum absolute atomic E-state index is 11.6. The average Bonchev–Trinajstić information content (AvgIpc) is 2.73. The van der Waals surface area contributed by atoms with E-state index < -0.39 is 11.4 Å². The molecule has 1 aliphatic rings. The van der Waals surface area contributed by atoms with E-state index >= 15 is 0 Å². The number of phenolic OH excluding ortho intramolecular Hbond substituents is 1. The third-order valence-electron chi connectivity index (χ3n) is 3.92. The fraction of sp³-hybridized carbons (Fsp3) is 0.500. The maximum Gasteiger partial charge on any atom is 0.314 e. The second kappa shape index (κ2) is 4.06. The smallest absolute Gasteiger partial charge is 0.314 e. The summed E-state index contributed by atoms with van der Waals surface area (Å²) in [6, 6.07) is 3.51. The first kappa shape index (κ1) is 12.0. The second-order valence-corrected chi connectivity index (χ2v) is 5.05. The Labute approximate surface area is 101 Å². The first-order valence-corrected chi connectivity index (χ1v) is 6.01. The molecule has 92 valence electrons. The number of carbonyl (C=O) groups is 1. The van der Waals surface area contributed by atoms with Gasteiger partial charge in [-0.25, -0.2) is 0 Å². The van der Waals surface area contributed by atoms with E-state index in [-0.39, 0.29) is 5.75 Å². The van der Waals surface area contributed by atoms with Crippen LogP contribution in [0.5, 0.6) is 5.75 Å². The molecule has 0 unspecified atom stereocenters. The second-order valence-electron chi connectivity index (χ2n) is 5.05. The van der Waals surface area contributed by atoms with E-state index in [1.807, 2.05) is 19.9 Å². The van der Waals surface area contributed by atoms with Gasteiger partial charge in [-0.15, -0.1) is 0 Å². The minimum Gasteiger partial charge on any atom is -0.508 e. The van der Waals surface area contributed by atoms with Crippen LogP contribution in [0, 0.1) is 13.8 Å².